The molecule has 86 valence electrons. The Morgan fingerprint density at radius 2 is 1.79 bits per heavy atom. The van der Waals surface area contributed by atoms with Crippen LogP contribution in [-0.2, 0) is 9.47 Å². The molecule has 3 nitrogen and oxygen atoms in total. The van der Waals surface area contributed by atoms with Gasteiger partial charge in [-0.15, -0.1) is 0 Å². The van der Waals surface area contributed by atoms with Gasteiger partial charge in [-0.3, -0.25) is 0 Å². The average Bonchev–Trinajstić information content (AvgIpc) is 2.16. The quantitative estimate of drug-likeness (QED) is 0.578. The zero-order valence-electron chi connectivity index (χ0n) is 10.0. The lowest BCUT2D eigenvalue weighted by molar-refractivity contribution is 0.0341. The molecule has 1 unspecified atom stereocenters. The molecule has 3 heteroatoms. The highest BCUT2D eigenvalue weighted by atomic mass is 16.5. The summed E-state index contributed by atoms with van der Waals surface area (Å²) < 4.78 is 10.6. The summed E-state index contributed by atoms with van der Waals surface area (Å²) in [6.45, 7) is 10.1. The summed E-state index contributed by atoms with van der Waals surface area (Å²) in [5.41, 5.74) is 0. The van der Waals surface area contributed by atoms with Gasteiger partial charge in [0.05, 0.1) is 12.7 Å². The first kappa shape index (κ1) is 13.9. The Morgan fingerprint density at radius 1 is 1.07 bits per heavy atom. The van der Waals surface area contributed by atoms with Crippen LogP contribution in [0.1, 0.15) is 27.2 Å². The standard InChI is InChI=1S/C11H25NO2/c1-10(2)11(3)14-8-5-6-12-7-9-13-4/h10-12H,5-9H2,1-4H3. The van der Waals surface area contributed by atoms with Gasteiger partial charge in [0.15, 0.2) is 0 Å². The van der Waals surface area contributed by atoms with Gasteiger partial charge in [0.1, 0.15) is 0 Å². The minimum Gasteiger partial charge on any atom is -0.383 e. The molecule has 0 spiro atoms. The normalized spacial score (nSPS) is 13.5. The molecule has 0 amide bonds. The Labute approximate surface area is 88.2 Å². The van der Waals surface area contributed by atoms with E-state index in [0.29, 0.717) is 12.0 Å². The molecule has 0 aromatic heterocycles. The fourth-order valence-electron chi connectivity index (χ4n) is 0.958. The van der Waals surface area contributed by atoms with Gasteiger partial charge in [-0.1, -0.05) is 13.8 Å². The lowest BCUT2D eigenvalue weighted by Crippen LogP contribution is -2.23. The minimum atomic E-state index is 0.369. The third-order valence-corrected chi connectivity index (χ3v) is 2.30. The van der Waals surface area contributed by atoms with Crippen molar-refractivity contribution < 1.29 is 9.47 Å². The predicted molar refractivity (Wildman–Crippen MR) is 59.6 cm³/mol. The molecule has 0 aliphatic carbocycles. The summed E-state index contributed by atoms with van der Waals surface area (Å²) in [5.74, 6) is 0.608. The first-order valence-corrected chi connectivity index (χ1v) is 5.49. The van der Waals surface area contributed by atoms with Crippen LogP contribution in [0.25, 0.3) is 0 Å². The van der Waals surface area contributed by atoms with Crippen molar-refractivity contribution in [3.05, 3.63) is 0 Å². The molecule has 0 radical (unpaired) electrons. The van der Waals surface area contributed by atoms with Gasteiger partial charge in [0.25, 0.3) is 0 Å². The lowest BCUT2D eigenvalue weighted by atomic mass is 10.1. The maximum atomic E-state index is 5.64. The smallest absolute Gasteiger partial charge is 0.0587 e. The maximum absolute atomic E-state index is 5.64. The second kappa shape index (κ2) is 9.44. The number of ether oxygens (including phenoxy) is 2. The van der Waals surface area contributed by atoms with Crippen molar-refractivity contribution >= 4 is 0 Å². The van der Waals surface area contributed by atoms with Crippen LogP contribution in [-0.4, -0.2) is 39.5 Å². The maximum Gasteiger partial charge on any atom is 0.0587 e. The second-order valence-electron chi connectivity index (χ2n) is 3.92. The monoisotopic (exact) mass is 203 g/mol. The van der Waals surface area contributed by atoms with E-state index in [1.165, 1.54) is 0 Å². The van der Waals surface area contributed by atoms with E-state index in [9.17, 15) is 0 Å². The van der Waals surface area contributed by atoms with Gasteiger partial charge in [-0.2, -0.15) is 0 Å². The third-order valence-electron chi connectivity index (χ3n) is 2.30. The van der Waals surface area contributed by atoms with E-state index >= 15 is 0 Å². The van der Waals surface area contributed by atoms with Gasteiger partial charge in [0, 0.05) is 20.3 Å². The molecule has 0 fully saturated rings. The summed E-state index contributed by atoms with van der Waals surface area (Å²) >= 11 is 0. The Bertz CT molecular complexity index is 118. The van der Waals surface area contributed by atoms with E-state index in [-0.39, 0.29) is 0 Å². The predicted octanol–water partition coefficient (Wildman–Crippen LogP) is 1.67. The molecule has 0 aromatic rings. The molecule has 14 heavy (non-hydrogen) atoms. The largest absolute Gasteiger partial charge is 0.383 e. The summed E-state index contributed by atoms with van der Waals surface area (Å²) in [6, 6.07) is 0. The first-order chi connectivity index (χ1) is 6.68. The molecular weight excluding hydrogens is 178 g/mol. The Hall–Kier alpha value is -0.120. The van der Waals surface area contributed by atoms with Crippen molar-refractivity contribution in [3.63, 3.8) is 0 Å². The summed E-state index contributed by atoms with van der Waals surface area (Å²) in [4.78, 5) is 0. The van der Waals surface area contributed by atoms with E-state index < -0.39 is 0 Å². The van der Waals surface area contributed by atoms with E-state index in [4.69, 9.17) is 9.47 Å². The number of methoxy groups -OCH3 is 1. The van der Waals surface area contributed by atoms with Crippen LogP contribution in [0.4, 0.5) is 0 Å². The molecule has 0 aromatic carbocycles. The Morgan fingerprint density at radius 3 is 2.36 bits per heavy atom. The molecule has 0 saturated carbocycles. The number of hydrogen-bond donors (Lipinski definition) is 1. The average molecular weight is 203 g/mol. The van der Waals surface area contributed by atoms with Crippen LogP contribution in [0.3, 0.4) is 0 Å². The molecular formula is C11H25NO2. The van der Waals surface area contributed by atoms with E-state index in [0.717, 1.165) is 32.7 Å². The fraction of sp³-hybridized carbons (Fsp3) is 1.00. The van der Waals surface area contributed by atoms with Crippen molar-refractivity contribution in [2.45, 2.75) is 33.3 Å². The van der Waals surface area contributed by atoms with Crippen molar-refractivity contribution in [2.24, 2.45) is 5.92 Å². The minimum absolute atomic E-state index is 0.369. The van der Waals surface area contributed by atoms with Crippen molar-refractivity contribution in [1.82, 2.24) is 5.32 Å². The molecule has 0 saturated heterocycles. The van der Waals surface area contributed by atoms with Crippen molar-refractivity contribution in [3.8, 4) is 0 Å². The van der Waals surface area contributed by atoms with Gasteiger partial charge in [0.2, 0.25) is 0 Å². The third kappa shape index (κ3) is 8.48. The van der Waals surface area contributed by atoms with Crippen molar-refractivity contribution in [2.75, 3.05) is 33.4 Å². The fourth-order valence-corrected chi connectivity index (χ4v) is 0.958. The molecule has 0 aliphatic heterocycles. The van der Waals surface area contributed by atoms with Gasteiger partial charge >= 0.3 is 0 Å². The van der Waals surface area contributed by atoms with Crippen molar-refractivity contribution in [1.29, 1.82) is 0 Å². The van der Waals surface area contributed by atoms with E-state index in [2.05, 4.69) is 26.1 Å². The molecule has 1 N–H and O–H groups in total. The molecule has 1 atom stereocenters. The second-order valence-corrected chi connectivity index (χ2v) is 3.92. The molecule has 0 aliphatic rings. The zero-order chi connectivity index (χ0) is 10.8. The molecule has 0 bridgehead atoms. The lowest BCUT2D eigenvalue weighted by Gasteiger charge is -2.16. The van der Waals surface area contributed by atoms with Crippen LogP contribution in [0.15, 0.2) is 0 Å². The SMILES string of the molecule is COCCNCCCOC(C)C(C)C. The highest BCUT2D eigenvalue weighted by molar-refractivity contribution is 4.55. The van der Waals surface area contributed by atoms with Crippen LogP contribution < -0.4 is 5.32 Å². The van der Waals surface area contributed by atoms with Crippen LogP contribution >= 0.6 is 0 Å². The Balaban J connectivity index is 3.06. The first-order valence-electron chi connectivity index (χ1n) is 5.49. The van der Waals surface area contributed by atoms with E-state index in [1.54, 1.807) is 7.11 Å². The molecule has 0 heterocycles. The number of hydrogen-bond acceptors (Lipinski definition) is 3. The number of nitrogens with one attached hydrogen (secondary N) is 1. The molecule has 0 rings (SSSR count). The summed E-state index contributed by atoms with van der Waals surface area (Å²) in [6.07, 6.45) is 1.44. The zero-order valence-corrected chi connectivity index (χ0v) is 10.0. The van der Waals surface area contributed by atoms with Crippen LogP contribution in [0.2, 0.25) is 0 Å². The van der Waals surface area contributed by atoms with Gasteiger partial charge < -0.3 is 14.8 Å². The van der Waals surface area contributed by atoms with Crippen LogP contribution in [0.5, 0.6) is 0 Å². The summed E-state index contributed by atoms with van der Waals surface area (Å²) in [5, 5.41) is 3.28. The van der Waals surface area contributed by atoms with E-state index in [1.807, 2.05) is 0 Å². The topological polar surface area (TPSA) is 30.5 Å². The summed E-state index contributed by atoms with van der Waals surface area (Å²) in [7, 11) is 1.72. The number of rotatable bonds is 9. The highest BCUT2D eigenvalue weighted by Gasteiger charge is 2.05. The Kier molecular flexibility index (Phi) is 9.35. The van der Waals surface area contributed by atoms with Gasteiger partial charge in [-0.25, -0.2) is 0 Å². The van der Waals surface area contributed by atoms with Crippen LogP contribution in [0, 0.1) is 5.92 Å². The highest BCUT2D eigenvalue weighted by Crippen LogP contribution is 2.04. The van der Waals surface area contributed by atoms with Gasteiger partial charge in [-0.05, 0) is 25.8 Å².